The maximum absolute atomic E-state index is 5.18. The van der Waals surface area contributed by atoms with Crippen LogP contribution in [0.2, 0.25) is 0 Å². The fraction of sp³-hybridized carbons (Fsp3) is 0.214. The molecule has 0 amide bonds. The van der Waals surface area contributed by atoms with Gasteiger partial charge in [-0.2, -0.15) is 4.57 Å². The molecule has 0 unspecified atom stereocenters. The molecule has 0 saturated carbocycles. The van der Waals surface area contributed by atoms with E-state index in [1.165, 1.54) is 11.1 Å². The Kier molecular flexibility index (Phi) is 5.50. The minimum absolute atomic E-state index is 0.0790. The molecule has 2 nitrogen and oxygen atoms in total. The van der Waals surface area contributed by atoms with Gasteiger partial charge in [0.15, 0.2) is 6.20 Å². The number of hydrogen-bond acceptors (Lipinski definition) is 1. The molecule has 0 saturated heterocycles. The Hall–Kier alpha value is -3.26. The maximum atomic E-state index is 5.18. The van der Waals surface area contributed by atoms with Crippen molar-refractivity contribution in [2.75, 3.05) is 0 Å². The van der Waals surface area contributed by atoms with Crippen LogP contribution in [0.4, 0.5) is 0 Å². The van der Waals surface area contributed by atoms with Crippen molar-refractivity contribution in [2.45, 2.75) is 32.6 Å². The molecule has 4 rings (SSSR count). The molecule has 1 aromatic heterocycles. The van der Waals surface area contributed by atoms with Crippen molar-refractivity contribution in [3.8, 4) is 33.8 Å². The van der Waals surface area contributed by atoms with Crippen LogP contribution in [0, 0.1) is 0 Å². The first-order valence-electron chi connectivity index (χ1n) is 10.6. The predicted molar refractivity (Wildman–Crippen MR) is 125 cm³/mol. The Balaban J connectivity index is 2.02. The molecule has 0 bridgehead atoms. The van der Waals surface area contributed by atoms with Gasteiger partial charge in [0.25, 0.3) is 0 Å². The highest BCUT2D eigenvalue weighted by atomic mass is 15.0. The van der Waals surface area contributed by atoms with Crippen molar-refractivity contribution in [1.29, 1.82) is 0 Å². The van der Waals surface area contributed by atoms with Crippen molar-refractivity contribution in [3.63, 3.8) is 0 Å². The van der Waals surface area contributed by atoms with E-state index in [9.17, 15) is 0 Å². The Morgan fingerprint density at radius 2 is 1.33 bits per heavy atom. The summed E-state index contributed by atoms with van der Waals surface area (Å²) in [5.41, 5.74) is 8.08. The monoisotopic (exact) mass is 393 g/mol. The minimum atomic E-state index is 0.0790. The van der Waals surface area contributed by atoms with Crippen LogP contribution in [0.25, 0.3) is 33.8 Å². The third-order valence-electron chi connectivity index (χ3n) is 6.04. The lowest BCUT2D eigenvalue weighted by molar-refractivity contribution is -0.659. The molecule has 3 aromatic carbocycles. The van der Waals surface area contributed by atoms with Crippen LogP contribution in [-0.2, 0) is 12.5 Å². The van der Waals surface area contributed by atoms with Crippen LogP contribution in [0.1, 0.15) is 32.8 Å². The molecule has 4 aromatic rings. The van der Waals surface area contributed by atoms with Crippen LogP contribution in [0.3, 0.4) is 0 Å². The number of nitrogens with zero attached hydrogens (tertiary/aromatic N) is 2. The summed E-state index contributed by atoms with van der Waals surface area (Å²) in [5.74, 6) is 0. The van der Waals surface area contributed by atoms with Gasteiger partial charge in [0.05, 0.1) is 5.56 Å². The van der Waals surface area contributed by atoms with Crippen molar-refractivity contribution in [2.24, 2.45) is 7.05 Å². The number of aryl methyl sites for hydroxylation is 1. The van der Waals surface area contributed by atoms with E-state index < -0.39 is 0 Å². The molecule has 30 heavy (non-hydrogen) atoms. The summed E-state index contributed by atoms with van der Waals surface area (Å²) in [6, 6.07) is 29.7. The summed E-state index contributed by atoms with van der Waals surface area (Å²) >= 11 is 0. The van der Waals surface area contributed by atoms with E-state index >= 15 is 0 Å². The Morgan fingerprint density at radius 3 is 1.97 bits per heavy atom. The highest BCUT2D eigenvalue weighted by Crippen LogP contribution is 2.37. The van der Waals surface area contributed by atoms with Gasteiger partial charge >= 0.3 is 0 Å². The molecule has 0 aliphatic rings. The predicted octanol–water partition coefficient (Wildman–Crippen LogP) is 6.59. The second-order valence-electron chi connectivity index (χ2n) is 8.45. The number of hydrogen-bond donors (Lipinski definition) is 0. The molecule has 2 heteroatoms. The van der Waals surface area contributed by atoms with Crippen molar-refractivity contribution in [3.05, 3.63) is 96.7 Å². The van der Waals surface area contributed by atoms with E-state index in [0.29, 0.717) is 0 Å². The first-order chi connectivity index (χ1) is 14.5. The van der Waals surface area contributed by atoms with E-state index in [4.69, 9.17) is 4.98 Å². The molecule has 0 radical (unpaired) electrons. The zero-order valence-electron chi connectivity index (χ0n) is 18.3. The quantitative estimate of drug-likeness (QED) is 0.349. The first kappa shape index (κ1) is 20.0. The zero-order valence-corrected chi connectivity index (χ0v) is 18.3. The summed E-state index contributed by atoms with van der Waals surface area (Å²) in [6.07, 6.45) is 3.22. The van der Waals surface area contributed by atoms with Crippen LogP contribution in [-0.4, -0.2) is 4.98 Å². The van der Waals surface area contributed by atoms with Gasteiger partial charge < -0.3 is 0 Å². The normalized spacial score (nSPS) is 11.5. The second kappa shape index (κ2) is 8.23. The van der Waals surface area contributed by atoms with Gasteiger partial charge in [-0.15, -0.1) is 0 Å². The third kappa shape index (κ3) is 3.78. The maximum Gasteiger partial charge on any atom is 0.239 e. The summed E-state index contributed by atoms with van der Waals surface area (Å²) in [6.45, 7) is 6.89. The highest BCUT2D eigenvalue weighted by molar-refractivity contribution is 5.79. The molecule has 0 fully saturated rings. The first-order valence-corrected chi connectivity index (χ1v) is 10.6. The van der Waals surface area contributed by atoms with Gasteiger partial charge in [-0.1, -0.05) is 99.6 Å². The van der Waals surface area contributed by atoms with Crippen LogP contribution < -0.4 is 4.57 Å². The molecule has 0 aliphatic heterocycles. The van der Waals surface area contributed by atoms with Crippen LogP contribution in [0.15, 0.2) is 91.1 Å². The van der Waals surface area contributed by atoms with Crippen LogP contribution in [0.5, 0.6) is 0 Å². The second-order valence-corrected chi connectivity index (χ2v) is 8.45. The molecular weight excluding hydrogens is 364 g/mol. The largest absolute Gasteiger partial charge is 0.239 e. The Bertz CT molecular complexity index is 1150. The Labute approximate surface area is 179 Å². The lowest BCUT2D eigenvalue weighted by Gasteiger charge is -2.26. The molecule has 0 atom stereocenters. The van der Waals surface area contributed by atoms with Crippen molar-refractivity contribution in [1.82, 2.24) is 4.98 Å². The van der Waals surface area contributed by atoms with Gasteiger partial charge in [-0.3, -0.25) is 0 Å². The number of benzene rings is 3. The molecule has 0 spiro atoms. The van der Waals surface area contributed by atoms with E-state index in [1.54, 1.807) is 0 Å². The fourth-order valence-electron chi connectivity index (χ4n) is 3.95. The minimum Gasteiger partial charge on any atom is -0.234 e. The summed E-state index contributed by atoms with van der Waals surface area (Å²) < 4.78 is 2.24. The SMILES string of the molecule is CCC(C)(C)c1ccccc1-c1c(-c2ccccc2)nc(-c2ccccc2)c[n+]1C. The molecular formula is C28H29N2+. The highest BCUT2D eigenvalue weighted by Gasteiger charge is 2.29. The van der Waals surface area contributed by atoms with Gasteiger partial charge in [0.1, 0.15) is 18.4 Å². The fourth-order valence-corrected chi connectivity index (χ4v) is 3.95. The van der Waals surface area contributed by atoms with Gasteiger partial charge in [0, 0.05) is 11.1 Å². The third-order valence-corrected chi connectivity index (χ3v) is 6.04. The Morgan fingerprint density at radius 1 is 0.767 bits per heavy atom. The van der Waals surface area contributed by atoms with E-state index in [-0.39, 0.29) is 5.41 Å². The lowest BCUT2D eigenvalue weighted by Crippen LogP contribution is -2.33. The smallest absolute Gasteiger partial charge is 0.234 e. The van der Waals surface area contributed by atoms with Gasteiger partial charge in [-0.05, 0) is 23.5 Å². The van der Waals surface area contributed by atoms with Gasteiger partial charge in [-0.25, -0.2) is 4.98 Å². The van der Waals surface area contributed by atoms with Crippen molar-refractivity contribution < 1.29 is 4.57 Å². The van der Waals surface area contributed by atoms with E-state index in [2.05, 4.69) is 117 Å². The molecule has 0 aliphatic carbocycles. The van der Waals surface area contributed by atoms with E-state index in [0.717, 1.165) is 34.6 Å². The summed E-state index contributed by atoms with van der Waals surface area (Å²) in [7, 11) is 2.13. The number of aromatic nitrogens is 2. The molecule has 1 heterocycles. The topological polar surface area (TPSA) is 16.8 Å². The average Bonchev–Trinajstić information content (AvgIpc) is 2.79. The summed E-state index contributed by atoms with van der Waals surface area (Å²) in [4.78, 5) is 5.18. The molecule has 0 N–H and O–H groups in total. The van der Waals surface area contributed by atoms with Crippen molar-refractivity contribution >= 4 is 0 Å². The van der Waals surface area contributed by atoms with Crippen LogP contribution >= 0.6 is 0 Å². The zero-order chi connectivity index (χ0) is 21.1. The van der Waals surface area contributed by atoms with Gasteiger partial charge in [0.2, 0.25) is 5.69 Å². The average molecular weight is 394 g/mol. The summed E-state index contributed by atoms with van der Waals surface area (Å²) in [5, 5.41) is 0. The van der Waals surface area contributed by atoms with E-state index in [1.807, 2.05) is 6.07 Å². The molecule has 150 valence electrons. The standard InChI is InChI=1S/C28H29N2/c1-5-28(2,3)24-19-13-12-18-23(24)27-26(22-16-10-7-11-17-22)29-25(20-30(27)4)21-14-8-6-9-15-21/h6-20H,5H2,1-4H3/q+1. The number of rotatable bonds is 5. The lowest BCUT2D eigenvalue weighted by atomic mass is 9.78.